The lowest BCUT2D eigenvalue weighted by molar-refractivity contribution is -0.123. The number of nitrogens with one attached hydrogen (secondary N) is 2. The zero-order chi connectivity index (χ0) is 21.6. The number of fused-ring (bicyclic) bond motifs is 1. The highest BCUT2D eigenvalue weighted by molar-refractivity contribution is 6.04. The number of amides is 2. The molecular formula is C24H24N4O3. The molecule has 158 valence electrons. The van der Waals surface area contributed by atoms with E-state index in [-0.39, 0.29) is 23.8 Å². The summed E-state index contributed by atoms with van der Waals surface area (Å²) in [5, 5.41) is 5.77. The number of para-hydroxylation sites is 1. The van der Waals surface area contributed by atoms with Gasteiger partial charge in [0.05, 0.1) is 12.5 Å². The summed E-state index contributed by atoms with van der Waals surface area (Å²) < 4.78 is 5.63. The molecule has 1 aromatic heterocycles. The Morgan fingerprint density at radius 1 is 1.06 bits per heavy atom. The van der Waals surface area contributed by atoms with Crippen molar-refractivity contribution in [2.45, 2.75) is 18.4 Å². The normalized spacial score (nSPS) is 15.8. The minimum absolute atomic E-state index is 0.0560. The number of anilines is 1. The van der Waals surface area contributed by atoms with Gasteiger partial charge in [-0.1, -0.05) is 30.3 Å². The molecule has 3 aromatic rings. The Kier molecular flexibility index (Phi) is 6.24. The van der Waals surface area contributed by atoms with E-state index in [2.05, 4.69) is 15.6 Å². The Bertz CT molecular complexity index is 1050. The molecule has 0 bridgehead atoms. The molecule has 2 atom stereocenters. The lowest BCUT2D eigenvalue weighted by atomic mass is 9.92. The minimum atomic E-state index is -0.378. The van der Waals surface area contributed by atoms with Gasteiger partial charge in [0.25, 0.3) is 5.91 Å². The highest BCUT2D eigenvalue weighted by atomic mass is 16.5. The predicted molar refractivity (Wildman–Crippen MR) is 118 cm³/mol. The lowest BCUT2D eigenvalue weighted by Gasteiger charge is -2.25. The van der Waals surface area contributed by atoms with Crippen LogP contribution in [0.4, 0.5) is 5.69 Å². The van der Waals surface area contributed by atoms with Gasteiger partial charge in [-0.2, -0.15) is 0 Å². The lowest BCUT2D eigenvalue weighted by Crippen LogP contribution is -2.36. The molecule has 4 N–H and O–H groups in total. The van der Waals surface area contributed by atoms with Crippen LogP contribution < -0.4 is 21.1 Å². The molecule has 4 rings (SSSR count). The van der Waals surface area contributed by atoms with Crippen LogP contribution in [0.15, 0.2) is 73.1 Å². The number of pyridine rings is 1. The second-order valence-electron chi connectivity index (χ2n) is 7.39. The molecule has 0 saturated heterocycles. The van der Waals surface area contributed by atoms with Crippen molar-refractivity contribution in [3.05, 3.63) is 89.7 Å². The third kappa shape index (κ3) is 4.90. The minimum Gasteiger partial charge on any atom is -0.493 e. The SMILES string of the molecule is NC(CNC(=O)C1CCOc2ccccc21)c1ccc(C(=O)Nc2ccncc2)cc1. The van der Waals surface area contributed by atoms with Crippen molar-refractivity contribution in [1.29, 1.82) is 0 Å². The van der Waals surface area contributed by atoms with Gasteiger partial charge in [0, 0.05) is 41.8 Å². The second kappa shape index (κ2) is 9.40. The first-order valence-corrected chi connectivity index (χ1v) is 10.2. The Labute approximate surface area is 180 Å². The first-order chi connectivity index (χ1) is 15.1. The number of ether oxygens (including phenoxy) is 1. The summed E-state index contributed by atoms with van der Waals surface area (Å²) in [6.45, 7) is 0.824. The molecule has 0 saturated carbocycles. The molecule has 0 aliphatic carbocycles. The first-order valence-electron chi connectivity index (χ1n) is 10.2. The van der Waals surface area contributed by atoms with Crippen LogP contribution in [-0.4, -0.2) is 29.9 Å². The summed E-state index contributed by atoms with van der Waals surface area (Å²) in [6.07, 6.45) is 3.87. The van der Waals surface area contributed by atoms with Crippen LogP contribution in [0, 0.1) is 0 Å². The molecule has 31 heavy (non-hydrogen) atoms. The van der Waals surface area contributed by atoms with Crippen molar-refractivity contribution in [2.24, 2.45) is 5.73 Å². The van der Waals surface area contributed by atoms with Gasteiger partial charge in [-0.15, -0.1) is 0 Å². The Morgan fingerprint density at radius 3 is 2.58 bits per heavy atom. The fourth-order valence-corrected chi connectivity index (χ4v) is 3.59. The van der Waals surface area contributed by atoms with Crippen molar-refractivity contribution < 1.29 is 14.3 Å². The molecule has 1 aliphatic heterocycles. The van der Waals surface area contributed by atoms with E-state index in [4.69, 9.17) is 10.5 Å². The van der Waals surface area contributed by atoms with E-state index in [1.807, 2.05) is 36.4 Å². The third-order valence-corrected chi connectivity index (χ3v) is 5.31. The van der Waals surface area contributed by atoms with E-state index >= 15 is 0 Å². The molecule has 2 aromatic carbocycles. The quantitative estimate of drug-likeness (QED) is 0.573. The summed E-state index contributed by atoms with van der Waals surface area (Å²) in [5.74, 6) is 0.257. The number of carbonyl (C=O) groups excluding carboxylic acids is 2. The smallest absolute Gasteiger partial charge is 0.255 e. The fourth-order valence-electron chi connectivity index (χ4n) is 3.59. The maximum atomic E-state index is 12.7. The number of hydrogen-bond donors (Lipinski definition) is 3. The van der Waals surface area contributed by atoms with Crippen LogP contribution >= 0.6 is 0 Å². The average molecular weight is 416 g/mol. The summed E-state index contributed by atoms with van der Waals surface area (Å²) >= 11 is 0. The van der Waals surface area contributed by atoms with Gasteiger partial charge in [-0.3, -0.25) is 14.6 Å². The van der Waals surface area contributed by atoms with Crippen molar-refractivity contribution in [2.75, 3.05) is 18.5 Å². The highest BCUT2D eigenvalue weighted by Crippen LogP contribution is 2.33. The van der Waals surface area contributed by atoms with Crippen LogP contribution in [0.25, 0.3) is 0 Å². The van der Waals surface area contributed by atoms with Crippen LogP contribution in [0.1, 0.15) is 39.9 Å². The van der Waals surface area contributed by atoms with E-state index in [9.17, 15) is 9.59 Å². The van der Waals surface area contributed by atoms with Crippen LogP contribution in [-0.2, 0) is 4.79 Å². The van der Waals surface area contributed by atoms with Gasteiger partial charge in [0.1, 0.15) is 5.75 Å². The van der Waals surface area contributed by atoms with E-state index in [1.54, 1.807) is 36.7 Å². The average Bonchev–Trinajstić information content (AvgIpc) is 2.82. The fraction of sp³-hybridized carbons (Fsp3) is 0.208. The largest absolute Gasteiger partial charge is 0.493 e. The Balaban J connectivity index is 1.33. The van der Waals surface area contributed by atoms with Gasteiger partial charge in [0.2, 0.25) is 5.91 Å². The van der Waals surface area contributed by atoms with Gasteiger partial charge in [-0.05, 0) is 42.3 Å². The van der Waals surface area contributed by atoms with Crippen LogP contribution in [0.2, 0.25) is 0 Å². The summed E-state index contributed by atoms with van der Waals surface area (Å²) in [5.41, 5.74) is 9.22. The molecule has 2 unspecified atom stereocenters. The summed E-state index contributed by atoms with van der Waals surface area (Å²) in [6, 6.07) is 17.7. The standard InChI is InChI=1S/C24H24N4O3/c25-21(15-27-24(30)20-11-14-31-22-4-2-1-3-19(20)22)16-5-7-17(8-6-16)23(29)28-18-9-12-26-13-10-18/h1-10,12-13,20-21H,11,14-15,25H2,(H,27,30)(H,26,28,29). The first kappa shape index (κ1) is 20.6. The molecule has 0 radical (unpaired) electrons. The van der Waals surface area contributed by atoms with Crippen LogP contribution in [0.5, 0.6) is 5.75 Å². The van der Waals surface area contributed by atoms with Gasteiger partial charge in [0.15, 0.2) is 0 Å². The summed E-state index contributed by atoms with van der Waals surface area (Å²) in [4.78, 5) is 29.0. The van der Waals surface area contributed by atoms with Gasteiger partial charge >= 0.3 is 0 Å². The highest BCUT2D eigenvalue weighted by Gasteiger charge is 2.27. The van der Waals surface area contributed by atoms with E-state index in [0.29, 0.717) is 30.8 Å². The Hall–Kier alpha value is -3.71. The molecule has 2 heterocycles. The number of nitrogens with two attached hydrogens (primary N) is 1. The molecular weight excluding hydrogens is 392 g/mol. The molecule has 1 aliphatic rings. The number of benzene rings is 2. The Morgan fingerprint density at radius 2 is 1.81 bits per heavy atom. The monoisotopic (exact) mass is 416 g/mol. The zero-order valence-electron chi connectivity index (χ0n) is 17.0. The maximum Gasteiger partial charge on any atom is 0.255 e. The number of nitrogens with zero attached hydrogens (tertiary/aromatic N) is 1. The number of carbonyl (C=O) groups is 2. The third-order valence-electron chi connectivity index (χ3n) is 5.31. The van der Waals surface area contributed by atoms with E-state index < -0.39 is 0 Å². The molecule has 7 heteroatoms. The number of rotatable bonds is 6. The van der Waals surface area contributed by atoms with E-state index in [0.717, 1.165) is 16.9 Å². The van der Waals surface area contributed by atoms with Crippen molar-refractivity contribution in [1.82, 2.24) is 10.3 Å². The van der Waals surface area contributed by atoms with E-state index in [1.165, 1.54) is 0 Å². The van der Waals surface area contributed by atoms with Crippen molar-refractivity contribution in [3.8, 4) is 5.75 Å². The predicted octanol–water partition coefficient (Wildman–Crippen LogP) is 3.02. The second-order valence-corrected chi connectivity index (χ2v) is 7.39. The molecule has 2 amide bonds. The van der Waals surface area contributed by atoms with Gasteiger partial charge < -0.3 is 21.1 Å². The maximum absolute atomic E-state index is 12.7. The van der Waals surface area contributed by atoms with Crippen molar-refractivity contribution in [3.63, 3.8) is 0 Å². The number of hydrogen-bond acceptors (Lipinski definition) is 5. The van der Waals surface area contributed by atoms with Crippen LogP contribution in [0.3, 0.4) is 0 Å². The summed E-state index contributed by atoms with van der Waals surface area (Å²) in [7, 11) is 0. The molecule has 7 nitrogen and oxygen atoms in total. The topological polar surface area (TPSA) is 106 Å². The zero-order valence-corrected chi connectivity index (χ0v) is 17.0. The van der Waals surface area contributed by atoms with Gasteiger partial charge in [-0.25, -0.2) is 0 Å². The van der Waals surface area contributed by atoms with Crippen molar-refractivity contribution >= 4 is 17.5 Å². The molecule has 0 spiro atoms. The molecule has 0 fully saturated rings. The number of aromatic nitrogens is 1.